The van der Waals surface area contributed by atoms with Crippen LogP contribution in [0.25, 0.3) is 0 Å². The summed E-state index contributed by atoms with van der Waals surface area (Å²) in [7, 11) is 3.07. The van der Waals surface area contributed by atoms with Crippen molar-refractivity contribution < 1.29 is 19.0 Å². The number of hydrogen-bond acceptors (Lipinski definition) is 4. The summed E-state index contributed by atoms with van der Waals surface area (Å²) in [6.45, 7) is 1.85. The van der Waals surface area contributed by atoms with Crippen LogP contribution >= 0.6 is 0 Å². The van der Waals surface area contributed by atoms with E-state index in [-0.39, 0.29) is 12.5 Å². The number of para-hydroxylation sites is 1. The van der Waals surface area contributed by atoms with Crippen LogP contribution in [-0.4, -0.2) is 26.7 Å². The van der Waals surface area contributed by atoms with Gasteiger partial charge in [0.25, 0.3) is 5.91 Å². The predicted octanol–water partition coefficient (Wildman–Crippen LogP) is 3.03. The third-order valence-electron chi connectivity index (χ3n) is 3.03. The Morgan fingerprint density at radius 1 is 1.05 bits per heavy atom. The van der Waals surface area contributed by atoms with Gasteiger partial charge in [0.1, 0.15) is 0 Å². The molecule has 2 rings (SSSR count). The summed E-state index contributed by atoms with van der Waals surface area (Å²) in [5.41, 5.74) is 1.82. The van der Waals surface area contributed by atoms with Gasteiger partial charge in [0, 0.05) is 5.69 Å². The third-order valence-corrected chi connectivity index (χ3v) is 3.03. The molecule has 0 saturated heterocycles. The molecule has 5 nitrogen and oxygen atoms in total. The molecule has 1 amide bonds. The molecule has 0 unspecified atom stereocenters. The maximum absolute atomic E-state index is 11.9. The Morgan fingerprint density at radius 2 is 1.77 bits per heavy atom. The number of nitrogens with one attached hydrogen (secondary N) is 1. The minimum absolute atomic E-state index is 0.114. The van der Waals surface area contributed by atoms with E-state index in [1.54, 1.807) is 25.3 Å². The van der Waals surface area contributed by atoms with Crippen molar-refractivity contribution in [2.75, 3.05) is 26.1 Å². The number of hydrogen-bond donors (Lipinski definition) is 1. The van der Waals surface area contributed by atoms with E-state index in [1.807, 2.05) is 31.2 Å². The Bertz CT molecular complexity index is 655. The van der Waals surface area contributed by atoms with Gasteiger partial charge in [-0.2, -0.15) is 0 Å². The molecule has 0 radical (unpaired) electrons. The van der Waals surface area contributed by atoms with Gasteiger partial charge in [0.05, 0.1) is 14.2 Å². The smallest absolute Gasteiger partial charge is 0.262 e. The van der Waals surface area contributed by atoms with Crippen LogP contribution in [0.15, 0.2) is 42.5 Å². The van der Waals surface area contributed by atoms with Crippen molar-refractivity contribution in [1.29, 1.82) is 0 Å². The lowest BCUT2D eigenvalue weighted by atomic mass is 10.2. The summed E-state index contributed by atoms with van der Waals surface area (Å²) in [6, 6.07) is 12.8. The molecule has 0 saturated carbocycles. The Labute approximate surface area is 129 Å². The van der Waals surface area contributed by atoms with E-state index in [0.717, 1.165) is 11.3 Å². The van der Waals surface area contributed by atoms with E-state index in [0.29, 0.717) is 17.2 Å². The molecule has 0 bridgehead atoms. The first-order valence-electron chi connectivity index (χ1n) is 6.84. The third kappa shape index (κ3) is 3.91. The first-order chi connectivity index (χ1) is 10.6. The fourth-order valence-corrected chi connectivity index (χ4v) is 2.03. The Hall–Kier alpha value is -2.69. The van der Waals surface area contributed by atoms with Crippen LogP contribution in [0.2, 0.25) is 0 Å². The highest BCUT2D eigenvalue weighted by Gasteiger charge is 2.12. The Morgan fingerprint density at radius 3 is 2.45 bits per heavy atom. The van der Waals surface area contributed by atoms with E-state index in [9.17, 15) is 4.79 Å². The van der Waals surface area contributed by atoms with Gasteiger partial charge in [0.15, 0.2) is 18.1 Å². The SMILES string of the molecule is COc1cccc(OCC(=O)Nc2cccc(C)c2)c1OC. The number of methoxy groups -OCH3 is 2. The minimum Gasteiger partial charge on any atom is -0.493 e. The summed E-state index contributed by atoms with van der Waals surface area (Å²) >= 11 is 0. The average molecular weight is 301 g/mol. The zero-order chi connectivity index (χ0) is 15.9. The number of rotatable bonds is 6. The number of carbonyl (C=O) groups excluding carboxylic acids is 1. The van der Waals surface area contributed by atoms with Gasteiger partial charge in [-0.25, -0.2) is 0 Å². The van der Waals surface area contributed by atoms with Crippen LogP contribution in [0.4, 0.5) is 5.69 Å². The van der Waals surface area contributed by atoms with Gasteiger partial charge in [-0.1, -0.05) is 18.2 Å². The summed E-state index contributed by atoms with van der Waals surface area (Å²) in [6.07, 6.45) is 0. The second-order valence-corrected chi connectivity index (χ2v) is 4.70. The molecule has 116 valence electrons. The average Bonchev–Trinajstić information content (AvgIpc) is 2.52. The molecule has 0 aliphatic heterocycles. The van der Waals surface area contributed by atoms with E-state index in [2.05, 4.69) is 5.32 Å². The van der Waals surface area contributed by atoms with Gasteiger partial charge in [-0.05, 0) is 36.8 Å². The van der Waals surface area contributed by atoms with Crippen molar-refractivity contribution in [3.63, 3.8) is 0 Å². The van der Waals surface area contributed by atoms with E-state index < -0.39 is 0 Å². The van der Waals surface area contributed by atoms with Gasteiger partial charge in [-0.3, -0.25) is 4.79 Å². The molecule has 0 aromatic heterocycles. The molecule has 0 spiro atoms. The number of ether oxygens (including phenoxy) is 3. The quantitative estimate of drug-likeness (QED) is 0.891. The molecular formula is C17H19NO4. The molecule has 0 fully saturated rings. The molecule has 0 heterocycles. The normalized spacial score (nSPS) is 9.95. The lowest BCUT2D eigenvalue weighted by molar-refractivity contribution is -0.118. The summed E-state index contributed by atoms with van der Waals surface area (Å²) in [5, 5.41) is 2.78. The van der Waals surface area contributed by atoms with Crippen molar-refractivity contribution in [1.82, 2.24) is 0 Å². The van der Waals surface area contributed by atoms with Crippen LogP contribution in [0.1, 0.15) is 5.56 Å². The van der Waals surface area contributed by atoms with Gasteiger partial charge in [0.2, 0.25) is 5.75 Å². The zero-order valence-corrected chi connectivity index (χ0v) is 12.9. The molecule has 5 heteroatoms. The van der Waals surface area contributed by atoms with Crippen LogP contribution in [-0.2, 0) is 4.79 Å². The number of aryl methyl sites for hydroxylation is 1. The number of anilines is 1. The van der Waals surface area contributed by atoms with Gasteiger partial charge >= 0.3 is 0 Å². The number of benzene rings is 2. The number of carbonyl (C=O) groups is 1. The molecule has 2 aromatic carbocycles. The van der Waals surface area contributed by atoms with Crippen molar-refractivity contribution in [2.24, 2.45) is 0 Å². The maximum Gasteiger partial charge on any atom is 0.262 e. The largest absolute Gasteiger partial charge is 0.493 e. The summed E-state index contributed by atoms with van der Waals surface area (Å²) in [4.78, 5) is 11.9. The van der Waals surface area contributed by atoms with Crippen LogP contribution in [0, 0.1) is 6.92 Å². The number of amides is 1. The molecule has 1 N–H and O–H groups in total. The van der Waals surface area contributed by atoms with Gasteiger partial charge < -0.3 is 19.5 Å². The van der Waals surface area contributed by atoms with Crippen molar-refractivity contribution in [3.05, 3.63) is 48.0 Å². The van der Waals surface area contributed by atoms with Crippen LogP contribution < -0.4 is 19.5 Å². The zero-order valence-electron chi connectivity index (χ0n) is 12.9. The molecule has 0 aliphatic carbocycles. The second-order valence-electron chi connectivity index (χ2n) is 4.70. The molecule has 0 atom stereocenters. The monoisotopic (exact) mass is 301 g/mol. The van der Waals surface area contributed by atoms with Crippen LogP contribution in [0.5, 0.6) is 17.2 Å². The highest BCUT2D eigenvalue weighted by molar-refractivity contribution is 5.92. The first kappa shape index (κ1) is 15.7. The highest BCUT2D eigenvalue weighted by Crippen LogP contribution is 2.36. The maximum atomic E-state index is 11.9. The topological polar surface area (TPSA) is 56.8 Å². The lowest BCUT2D eigenvalue weighted by Crippen LogP contribution is -2.20. The van der Waals surface area contributed by atoms with Crippen molar-refractivity contribution >= 4 is 11.6 Å². The van der Waals surface area contributed by atoms with E-state index in [1.165, 1.54) is 7.11 Å². The van der Waals surface area contributed by atoms with Crippen molar-refractivity contribution in [2.45, 2.75) is 6.92 Å². The molecule has 0 aliphatic rings. The molecule has 22 heavy (non-hydrogen) atoms. The Kier molecular flexibility index (Phi) is 5.25. The van der Waals surface area contributed by atoms with Crippen LogP contribution in [0.3, 0.4) is 0 Å². The standard InChI is InChI=1S/C17H19NO4/c1-12-6-4-7-13(10-12)18-16(19)11-22-15-9-5-8-14(20-2)17(15)21-3/h4-10H,11H2,1-3H3,(H,18,19). The van der Waals surface area contributed by atoms with E-state index >= 15 is 0 Å². The summed E-state index contributed by atoms with van der Waals surface area (Å²) < 4.78 is 16.0. The predicted molar refractivity (Wildman–Crippen MR) is 84.8 cm³/mol. The second kappa shape index (κ2) is 7.36. The van der Waals surface area contributed by atoms with E-state index in [4.69, 9.17) is 14.2 Å². The minimum atomic E-state index is -0.240. The fraction of sp³-hybridized carbons (Fsp3) is 0.235. The first-order valence-corrected chi connectivity index (χ1v) is 6.84. The molecule has 2 aromatic rings. The highest BCUT2D eigenvalue weighted by atomic mass is 16.5. The molecular weight excluding hydrogens is 282 g/mol. The van der Waals surface area contributed by atoms with Gasteiger partial charge in [-0.15, -0.1) is 0 Å². The summed E-state index contributed by atoms with van der Waals surface area (Å²) in [5.74, 6) is 1.24. The lowest BCUT2D eigenvalue weighted by Gasteiger charge is -2.13. The fourth-order valence-electron chi connectivity index (χ4n) is 2.03. The Balaban J connectivity index is 1.99. The van der Waals surface area contributed by atoms with Crippen molar-refractivity contribution in [3.8, 4) is 17.2 Å².